The molecule has 1 fully saturated rings. The van der Waals surface area contributed by atoms with Crippen LogP contribution in [0.4, 0.5) is 0 Å². The molecule has 1 N–H and O–H groups in total. The van der Waals surface area contributed by atoms with Gasteiger partial charge in [-0.3, -0.25) is 10.1 Å². The number of likely N-dealkylation sites (N-methyl/N-ethyl adjacent to an activating group) is 1. The predicted octanol–water partition coefficient (Wildman–Crippen LogP) is 2.11. The molecular weight excluding hydrogens is 246 g/mol. The van der Waals surface area contributed by atoms with Gasteiger partial charge in [0, 0.05) is 23.7 Å². The smallest absolute Gasteiger partial charge is 0.236 e. The summed E-state index contributed by atoms with van der Waals surface area (Å²) in [5.41, 5.74) is 0. The van der Waals surface area contributed by atoms with Crippen LogP contribution in [0.25, 0.3) is 0 Å². The maximum atomic E-state index is 12.0. The Labute approximate surface area is 112 Å². The van der Waals surface area contributed by atoms with E-state index in [-0.39, 0.29) is 11.9 Å². The topological polar surface area (TPSA) is 45.2 Å². The summed E-state index contributed by atoms with van der Waals surface area (Å²) in [7, 11) is 0. The molecule has 100 valence electrons. The summed E-state index contributed by atoms with van der Waals surface area (Å²) in [5.74, 6) is 0.208. The van der Waals surface area contributed by atoms with Crippen molar-refractivity contribution in [2.24, 2.45) is 0 Å². The number of hydrogen-bond donors (Lipinski definition) is 1. The van der Waals surface area contributed by atoms with E-state index in [2.05, 4.69) is 17.2 Å². The number of nitrogens with one attached hydrogen (secondary N) is 1. The summed E-state index contributed by atoms with van der Waals surface area (Å²) in [6, 6.07) is 0.646. The molecule has 1 aromatic rings. The first kappa shape index (κ1) is 13.5. The van der Waals surface area contributed by atoms with Gasteiger partial charge >= 0.3 is 0 Å². The van der Waals surface area contributed by atoms with E-state index in [1.165, 1.54) is 17.7 Å². The minimum Gasteiger partial charge on any atom is -0.339 e. The van der Waals surface area contributed by atoms with Crippen molar-refractivity contribution in [2.75, 3.05) is 13.1 Å². The summed E-state index contributed by atoms with van der Waals surface area (Å²) >= 11 is 1.68. The van der Waals surface area contributed by atoms with Crippen LogP contribution in [0.3, 0.4) is 0 Å². The van der Waals surface area contributed by atoms with Crippen LogP contribution in [0.2, 0.25) is 0 Å². The van der Waals surface area contributed by atoms with Crippen molar-refractivity contribution in [3.63, 3.8) is 0 Å². The lowest BCUT2D eigenvalue weighted by molar-refractivity contribution is -0.130. The van der Waals surface area contributed by atoms with Crippen molar-refractivity contribution in [1.82, 2.24) is 15.2 Å². The Morgan fingerprint density at radius 3 is 2.89 bits per heavy atom. The Bertz CT molecular complexity index is 414. The molecule has 0 aliphatic heterocycles. The Kier molecular flexibility index (Phi) is 4.35. The number of aromatic nitrogens is 1. The molecule has 0 spiro atoms. The zero-order chi connectivity index (χ0) is 13.1. The molecular formula is C13H21N3OS. The molecule has 1 heterocycles. The highest BCUT2D eigenvalue weighted by atomic mass is 32.1. The fraction of sp³-hybridized carbons (Fsp3) is 0.692. The fourth-order valence-electron chi connectivity index (χ4n) is 2.03. The average Bonchev–Trinajstić information content (AvgIpc) is 3.08. The molecule has 0 saturated heterocycles. The van der Waals surface area contributed by atoms with E-state index in [1.54, 1.807) is 11.3 Å². The first-order chi connectivity index (χ1) is 8.61. The summed E-state index contributed by atoms with van der Waals surface area (Å²) in [4.78, 5) is 19.6. The maximum absolute atomic E-state index is 12.0. The summed E-state index contributed by atoms with van der Waals surface area (Å²) in [6.07, 6.45) is 4.21. The maximum Gasteiger partial charge on any atom is 0.236 e. The third kappa shape index (κ3) is 3.29. The van der Waals surface area contributed by atoms with Crippen LogP contribution >= 0.6 is 11.3 Å². The van der Waals surface area contributed by atoms with Crippen LogP contribution in [0.5, 0.6) is 0 Å². The lowest BCUT2D eigenvalue weighted by Gasteiger charge is -2.21. The first-order valence-electron chi connectivity index (χ1n) is 6.57. The molecule has 1 aliphatic rings. The van der Waals surface area contributed by atoms with Gasteiger partial charge in [-0.1, -0.05) is 0 Å². The van der Waals surface area contributed by atoms with E-state index in [4.69, 9.17) is 0 Å². The van der Waals surface area contributed by atoms with Gasteiger partial charge in [-0.15, -0.1) is 11.3 Å². The Balaban J connectivity index is 1.81. The van der Waals surface area contributed by atoms with Crippen LogP contribution < -0.4 is 5.32 Å². The van der Waals surface area contributed by atoms with Crippen molar-refractivity contribution in [1.29, 1.82) is 0 Å². The zero-order valence-electron chi connectivity index (χ0n) is 11.3. The largest absolute Gasteiger partial charge is 0.339 e. The van der Waals surface area contributed by atoms with Crippen molar-refractivity contribution >= 4 is 17.2 Å². The fourth-order valence-corrected chi connectivity index (χ4v) is 2.83. The van der Waals surface area contributed by atoms with Gasteiger partial charge in [-0.25, -0.2) is 4.98 Å². The van der Waals surface area contributed by atoms with Gasteiger partial charge < -0.3 is 4.90 Å². The van der Waals surface area contributed by atoms with Crippen molar-refractivity contribution < 1.29 is 4.79 Å². The number of carbonyl (C=O) groups excluding carboxylic acids is 1. The van der Waals surface area contributed by atoms with Crippen molar-refractivity contribution in [2.45, 2.75) is 45.7 Å². The third-order valence-electron chi connectivity index (χ3n) is 3.22. The molecule has 4 nitrogen and oxygen atoms in total. The lowest BCUT2D eigenvalue weighted by atomic mass is 10.3. The van der Waals surface area contributed by atoms with Crippen LogP contribution in [-0.4, -0.2) is 34.9 Å². The second-order valence-corrected chi connectivity index (χ2v) is 6.09. The van der Waals surface area contributed by atoms with Crippen LogP contribution in [-0.2, 0) is 4.79 Å². The second kappa shape index (κ2) is 5.80. The Hall–Kier alpha value is -0.940. The first-order valence-corrected chi connectivity index (χ1v) is 7.38. The van der Waals surface area contributed by atoms with Crippen molar-refractivity contribution in [3.8, 4) is 0 Å². The van der Waals surface area contributed by atoms with E-state index < -0.39 is 0 Å². The minimum atomic E-state index is 0.144. The number of rotatable bonds is 6. The van der Waals surface area contributed by atoms with Gasteiger partial charge in [0.25, 0.3) is 0 Å². The number of thiazole rings is 1. The number of hydrogen-bond acceptors (Lipinski definition) is 4. The normalized spacial score (nSPS) is 16.6. The molecule has 1 unspecified atom stereocenters. The number of amides is 1. The van der Waals surface area contributed by atoms with E-state index in [9.17, 15) is 4.79 Å². The van der Waals surface area contributed by atoms with E-state index >= 15 is 0 Å². The van der Waals surface area contributed by atoms with E-state index in [0.29, 0.717) is 12.6 Å². The van der Waals surface area contributed by atoms with Crippen molar-refractivity contribution in [3.05, 3.63) is 16.1 Å². The van der Waals surface area contributed by atoms with Gasteiger partial charge in [0.2, 0.25) is 5.91 Å². The average molecular weight is 267 g/mol. The highest BCUT2D eigenvalue weighted by Gasteiger charge is 2.31. The quantitative estimate of drug-likeness (QED) is 0.858. The van der Waals surface area contributed by atoms with Gasteiger partial charge in [0.05, 0.1) is 12.6 Å². The third-order valence-corrected chi connectivity index (χ3v) is 4.31. The number of nitrogens with zero attached hydrogens (tertiary/aromatic N) is 2. The molecule has 0 bridgehead atoms. The standard InChI is InChI=1S/C13H21N3OS/c1-4-16(11-5-6-11)12(17)8-14-10(3)13-15-7-9(2)18-13/h7,10-11,14H,4-6,8H2,1-3H3. The molecule has 1 aliphatic carbocycles. The number of aryl methyl sites for hydroxylation is 1. The lowest BCUT2D eigenvalue weighted by Crippen LogP contribution is -2.40. The Morgan fingerprint density at radius 2 is 2.39 bits per heavy atom. The summed E-state index contributed by atoms with van der Waals surface area (Å²) < 4.78 is 0. The monoisotopic (exact) mass is 267 g/mol. The molecule has 2 rings (SSSR count). The van der Waals surface area contributed by atoms with Gasteiger partial charge in [0.1, 0.15) is 5.01 Å². The second-order valence-electron chi connectivity index (χ2n) is 4.82. The molecule has 0 radical (unpaired) electrons. The Morgan fingerprint density at radius 1 is 1.67 bits per heavy atom. The highest BCUT2D eigenvalue weighted by Crippen LogP contribution is 2.26. The van der Waals surface area contributed by atoms with Crippen LogP contribution in [0.15, 0.2) is 6.20 Å². The SMILES string of the molecule is CCN(C(=O)CNC(C)c1ncc(C)s1)C1CC1. The van der Waals surface area contributed by atoms with Gasteiger partial charge in [-0.05, 0) is 33.6 Å². The van der Waals surface area contributed by atoms with Gasteiger partial charge in [-0.2, -0.15) is 0 Å². The zero-order valence-corrected chi connectivity index (χ0v) is 12.1. The predicted molar refractivity (Wildman–Crippen MR) is 73.7 cm³/mol. The van der Waals surface area contributed by atoms with Gasteiger partial charge in [0.15, 0.2) is 0 Å². The summed E-state index contributed by atoms with van der Waals surface area (Å²) in [6.45, 7) is 7.37. The van der Waals surface area contributed by atoms with Crippen LogP contribution in [0.1, 0.15) is 42.6 Å². The molecule has 18 heavy (non-hydrogen) atoms. The van der Waals surface area contributed by atoms with E-state index in [0.717, 1.165) is 11.6 Å². The molecule has 0 aromatic carbocycles. The summed E-state index contributed by atoms with van der Waals surface area (Å²) in [5, 5.41) is 4.32. The van der Waals surface area contributed by atoms with Crippen LogP contribution in [0, 0.1) is 6.92 Å². The minimum absolute atomic E-state index is 0.144. The number of carbonyl (C=O) groups is 1. The highest BCUT2D eigenvalue weighted by molar-refractivity contribution is 7.11. The molecule has 1 atom stereocenters. The van der Waals surface area contributed by atoms with E-state index in [1.807, 2.05) is 24.9 Å². The molecule has 1 saturated carbocycles. The molecule has 1 aromatic heterocycles. The molecule has 5 heteroatoms. The molecule has 1 amide bonds.